The minimum absolute atomic E-state index is 0.0640. The number of hydrogen-bond acceptors (Lipinski definition) is 6. The van der Waals surface area contributed by atoms with E-state index in [9.17, 15) is 14.4 Å². The Morgan fingerprint density at radius 2 is 0.574 bits per heavy atom. The number of carbonyl (C=O) groups is 3. The van der Waals surface area contributed by atoms with E-state index in [2.05, 4.69) is 20.8 Å². The molecule has 0 fully saturated rings. The van der Waals surface area contributed by atoms with E-state index in [0.29, 0.717) is 19.3 Å². The molecular weight excluding hydrogens is 588 g/mol. The zero-order chi connectivity index (χ0) is 34.5. The molecule has 0 N–H and O–H groups in total. The molecule has 278 valence electrons. The van der Waals surface area contributed by atoms with Gasteiger partial charge < -0.3 is 14.2 Å². The Morgan fingerprint density at radius 3 is 0.851 bits per heavy atom. The average molecular weight is 667 g/mol. The molecule has 0 aliphatic carbocycles. The maximum Gasteiger partial charge on any atom is 0.306 e. The van der Waals surface area contributed by atoms with Crippen molar-refractivity contribution in [3.8, 4) is 0 Å². The van der Waals surface area contributed by atoms with Crippen molar-refractivity contribution in [1.82, 2.24) is 0 Å². The summed E-state index contributed by atoms with van der Waals surface area (Å²) in [6, 6.07) is 0. The van der Waals surface area contributed by atoms with Gasteiger partial charge in [0.15, 0.2) is 6.10 Å². The molecule has 0 aliphatic rings. The van der Waals surface area contributed by atoms with E-state index < -0.39 is 6.10 Å². The molecule has 0 aliphatic heterocycles. The number of ether oxygens (including phenoxy) is 3. The second-order valence-corrected chi connectivity index (χ2v) is 13.9. The molecule has 47 heavy (non-hydrogen) atoms. The van der Waals surface area contributed by atoms with E-state index in [1.807, 2.05) is 0 Å². The molecule has 0 aromatic carbocycles. The van der Waals surface area contributed by atoms with Gasteiger partial charge in [0.05, 0.1) is 0 Å². The Hall–Kier alpha value is -1.59. The minimum Gasteiger partial charge on any atom is -0.462 e. The Kier molecular flexibility index (Phi) is 36.0. The van der Waals surface area contributed by atoms with Crippen LogP contribution in [0.3, 0.4) is 0 Å². The fourth-order valence-electron chi connectivity index (χ4n) is 5.97. The lowest BCUT2D eigenvalue weighted by molar-refractivity contribution is -0.167. The van der Waals surface area contributed by atoms with Gasteiger partial charge in [-0.1, -0.05) is 188 Å². The highest BCUT2D eigenvalue weighted by Crippen LogP contribution is 2.15. The summed E-state index contributed by atoms with van der Waals surface area (Å²) in [5.74, 6) is -0.868. The SMILES string of the molecule is CCCCCCCCCCCCCCCC(=O)OC[C@H](COC(=O)CCCCCCCCC)OC(=O)CCCCCCCCCCC. The van der Waals surface area contributed by atoms with Crippen LogP contribution in [-0.2, 0) is 28.6 Å². The van der Waals surface area contributed by atoms with Crippen molar-refractivity contribution < 1.29 is 28.6 Å². The highest BCUT2D eigenvalue weighted by atomic mass is 16.6. The van der Waals surface area contributed by atoms with E-state index in [-0.39, 0.29) is 31.1 Å². The number of esters is 3. The third-order valence-corrected chi connectivity index (χ3v) is 9.11. The second-order valence-electron chi connectivity index (χ2n) is 13.9. The summed E-state index contributed by atoms with van der Waals surface area (Å²) < 4.78 is 16.6. The van der Waals surface area contributed by atoms with E-state index in [1.54, 1.807) is 0 Å². The number of rotatable bonds is 37. The highest BCUT2D eigenvalue weighted by Gasteiger charge is 2.19. The van der Waals surface area contributed by atoms with Crippen molar-refractivity contribution in [2.24, 2.45) is 0 Å². The van der Waals surface area contributed by atoms with Crippen molar-refractivity contribution in [3.05, 3.63) is 0 Å². The molecule has 0 saturated carbocycles. The molecule has 0 unspecified atom stereocenters. The van der Waals surface area contributed by atoms with Gasteiger partial charge in [-0.15, -0.1) is 0 Å². The normalized spacial score (nSPS) is 11.8. The first-order valence-corrected chi connectivity index (χ1v) is 20.5. The van der Waals surface area contributed by atoms with Crippen molar-refractivity contribution in [3.63, 3.8) is 0 Å². The number of hydrogen-bond donors (Lipinski definition) is 0. The van der Waals surface area contributed by atoms with Gasteiger partial charge >= 0.3 is 17.9 Å². The van der Waals surface area contributed by atoms with Gasteiger partial charge in [-0.3, -0.25) is 14.4 Å². The van der Waals surface area contributed by atoms with Crippen molar-refractivity contribution in [2.75, 3.05) is 13.2 Å². The summed E-state index contributed by atoms with van der Waals surface area (Å²) in [7, 11) is 0. The predicted molar refractivity (Wildman–Crippen MR) is 197 cm³/mol. The molecule has 0 radical (unpaired) electrons. The minimum atomic E-state index is -0.755. The van der Waals surface area contributed by atoms with Crippen molar-refractivity contribution >= 4 is 17.9 Å². The lowest BCUT2D eigenvalue weighted by atomic mass is 10.0. The van der Waals surface area contributed by atoms with E-state index in [1.165, 1.54) is 128 Å². The second kappa shape index (κ2) is 37.2. The van der Waals surface area contributed by atoms with Crippen LogP contribution < -0.4 is 0 Å². The molecule has 6 heteroatoms. The summed E-state index contributed by atoms with van der Waals surface area (Å²) in [6.07, 6.45) is 35.2. The lowest BCUT2D eigenvalue weighted by Gasteiger charge is -2.18. The van der Waals surface area contributed by atoms with Crippen LogP contribution in [0.15, 0.2) is 0 Å². The molecule has 0 spiro atoms. The topological polar surface area (TPSA) is 78.9 Å². The Bertz CT molecular complexity index is 693. The molecule has 1 atom stereocenters. The summed E-state index contributed by atoms with van der Waals surface area (Å²) in [4.78, 5) is 37.3. The summed E-state index contributed by atoms with van der Waals surface area (Å²) >= 11 is 0. The zero-order valence-electron chi connectivity index (χ0n) is 31.6. The first kappa shape index (κ1) is 45.4. The average Bonchev–Trinajstić information content (AvgIpc) is 3.06. The van der Waals surface area contributed by atoms with Crippen molar-refractivity contribution in [2.45, 2.75) is 232 Å². The third kappa shape index (κ3) is 35.5. The maximum atomic E-state index is 12.6. The summed E-state index contributed by atoms with van der Waals surface area (Å²) in [5.41, 5.74) is 0. The first-order chi connectivity index (χ1) is 23.0. The molecule has 0 bridgehead atoms. The third-order valence-electron chi connectivity index (χ3n) is 9.11. The van der Waals surface area contributed by atoms with E-state index >= 15 is 0 Å². The molecule has 0 aromatic heterocycles. The molecule has 0 saturated heterocycles. The van der Waals surface area contributed by atoms with Gasteiger partial charge in [-0.25, -0.2) is 0 Å². The predicted octanol–water partition coefficient (Wildman–Crippen LogP) is 12.5. The van der Waals surface area contributed by atoms with Gasteiger partial charge in [0.25, 0.3) is 0 Å². The van der Waals surface area contributed by atoms with Gasteiger partial charge in [0.1, 0.15) is 13.2 Å². The smallest absolute Gasteiger partial charge is 0.306 e. The Morgan fingerprint density at radius 1 is 0.340 bits per heavy atom. The van der Waals surface area contributed by atoms with Crippen LogP contribution in [0.5, 0.6) is 0 Å². The van der Waals surface area contributed by atoms with Gasteiger partial charge in [0, 0.05) is 19.3 Å². The largest absolute Gasteiger partial charge is 0.462 e. The molecule has 6 nitrogen and oxygen atoms in total. The fourth-order valence-corrected chi connectivity index (χ4v) is 5.97. The molecule has 0 aromatic rings. The zero-order valence-corrected chi connectivity index (χ0v) is 31.6. The molecular formula is C41H78O6. The van der Waals surface area contributed by atoms with Crippen LogP contribution >= 0.6 is 0 Å². The van der Waals surface area contributed by atoms with Crippen LogP contribution in [0.1, 0.15) is 226 Å². The number of unbranched alkanes of at least 4 members (excludes halogenated alkanes) is 26. The van der Waals surface area contributed by atoms with Crippen molar-refractivity contribution in [1.29, 1.82) is 0 Å². The van der Waals surface area contributed by atoms with E-state index in [4.69, 9.17) is 14.2 Å². The maximum absolute atomic E-state index is 12.6. The summed E-state index contributed by atoms with van der Waals surface area (Å²) in [5, 5.41) is 0. The van der Waals surface area contributed by atoms with Gasteiger partial charge in [-0.05, 0) is 19.3 Å². The summed E-state index contributed by atoms with van der Waals surface area (Å²) in [6.45, 7) is 6.57. The van der Waals surface area contributed by atoms with Crippen LogP contribution in [-0.4, -0.2) is 37.2 Å². The van der Waals surface area contributed by atoms with E-state index in [0.717, 1.165) is 57.8 Å². The van der Waals surface area contributed by atoms with Crippen LogP contribution in [0.4, 0.5) is 0 Å². The van der Waals surface area contributed by atoms with Crippen LogP contribution in [0, 0.1) is 0 Å². The molecule has 0 amide bonds. The first-order valence-electron chi connectivity index (χ1n) is 20.5. The van der Waals surface area contributed by atoms with Crippen LogP contribution in [0.2, 0.25) is 0 Å². The van der Waals surface area contributed by atoms with Gasteiger partial charge in [-0.2, -0.15) is 0 Å². The highest BCUT2D eigenvalue weighted by molar-refractivity contribution is 5.71. The lowest BCUT2D eigenvalue weighted by Crippen LogP contribution is -2.30. The standard InChI is InChI=1S/C41H78O6/c1-4-7-10-13-16-18-19-20-21-23-25-28-31-34-40(43)46-37-38(36-45-39(42)33-30-27-24-15-12-9-6-3)47-41(44)35-32-29-26-22-17-14-11-8-5-2/h38H,4-37H2,1-3H3/t38-/m0/s1. The van der Waals surface area contributed by atoms with Crippen LogP contribution in [0.25, 0.3) is 0 Å². The molecule has 0 heterocycles. The number of carbonyl (C=O) groups excluding carboxylic acids is 3. The molecule has 0 rings (SSSR count). The quantitative estimate of drug-likeness (QED) is 0.0373. The van der Waals surface area contributed by atoms with Gasteiger partial charge in [0.2, 0.25) is 0 Å². The Balaban J connectivity index is 4.27. The Labute approximate surface area is 291 Å². The monoisotopic (exact) mass is 667 g/mol. The fraction of sp³-hybridized carbons (Fsp3) is 0.927.